The van der Waals surface area contributed by atoms with Gasteiger partial charge in [-0.05, 0) is 56.5 Å². The number of carboxylic acid groups (broad SMARTS) is 1. The van der Waals surface area contributed by atoms with Crippen LogP contribution in [0.4, 0.5) is 0 Å². The number of carbonyl (C=O) groups is 1. The van der Waals surface area contributed by atoms with Crippen LogP contribution in [-0.2, 0) is 11.2 Å². The van der Waals surface area contributed by atoms with E-state index in [-0.39, 0.29) is 6.10 Å². The topological polar surface area (TPSA) is 109 Å². The highest BCUT2D eigenvalue weighted by Crippen LogP contribution is 2.29. The highest BCUT2D eigenvalue weighted by Gasteiger charge is 2.16. The highest BCUT2D eigenvalue weighted by molar-refractivity contribution is 5.70. The second kappa shape index (κ2) is 8.78. The third-order valence-electron chi connectivity index (χ3n) is 4.63. The molecule has 0 amide bonds. The van der Waals surface area contributed by atoms with Gasteiger partial charge in [-0.1, -0.05) is 30.3 Å². The summed E-state index contributed by atoms with van der Waals surface area (Å²) >= 11 is 0. The van der Waals surface area contributed by atoms with Crippen molar-refractivity contribution in [3.63, 3.8) is 0 Å². The predicted molar refractivity (Wildman–Crippen MR) is 111 cm³/mol. The number of nitriles is 1. The third kappa shape index (κ3) is 4.66. The first-order valence-corrected chi connectivity index (χ1v) is 9.66. The summed E-state index contributed by atoms with van der Waals surface area (Å²) in [5.41, 5.74) is 3.70. The Morgan fingerprint density at radius 3 is 2.63 bits per heavy atom. The van der Waals surface area contributed by atoms with Crippen molar-refractivity contribution < 1.29 is 19.2 Å². The Hall–Kier alpha value is -3.66. The van der Waals surface area contributed by atoms with Gasteiger partial charge in [0.15, 0.2) is 0 Å². The molecule has 0 saturated carbocycles. The molecule has 1 unspecified atom stereocenters. The Bertz CT molecular complexity index is 1110. The Morgan fingerprint density at radius 1 is 1.23 bits per heavy atom. The van der Waals surface area contributed by atoms with Crippen LogP contribution in [0.25, 0.3) is 22.8 Å². The number of hydrogen-bond donors (Lipinski definition) is 1. The summed E-state index contributed by atoms with van der Waals surface area (Å²) in [5, 5.41) is 22.6. The van der Waals surface area contributed by atoms with Gasteiger partial charge in [0.2, 0.25) is 5.82 Å². The molecule has 1 aromatic heterocycles. The predicted octanol–water partition coefficient (Wildman–Crippen LogP) is 4.63. The van der Waals surface area contributed by atoms with Crippen LogP contribution in [0.2, 0.25) is 0 Å². The van der Waals surface area contributed by atoms with Gasteiger partial charge in [-0.3, -0.25) is 4.79 Å². The van der Waals surface area contributed by atoms with Crippen LogP contribution in [-0.4, -0.2) is 27.3 Å². The van der Waals surface area contributed by atoms with Crippen molar-refractivity contribution in [1.82, 2.24) is 10.1 Å². The molecule has 0 aliphatic carbocycles. The van der Waals surface area contributed by atoms with Crippen molar-refractivity contribution in [2.45, 2.75) is 40.2 Å². The third-order valence-corrected chi connectivity index (χ3v) is 4.63. The smallest absolute Gasteiger partial charge is 0.306 e. The van der Waals surface area contributed by atoms with Gasteiger partial charge in [-0.25, -0.2) is 0 Å². The molecule has 0 saturated heterocycles. The minimum Gasteiger partial charge on any atom is -0.490 e. The van der Waals surface area contributed by atoms with E-state index in [0.717, 1.165) is 16.7 Å². The first-order valence-electron chi connectivity index (χ1n) is 9.66. The molecule has 0 fully saturated rings. The molecular weight excluding hydrogens is 382 g/mol. The number of aryl methyl sites for hydroxylation is 1. The molecule has 0 spiro atoms. The molecule has 30 heavy (non-hydrogen) atoms. The number of ether oxygens (including phenoxy) is 1. The molecule has 0 aliphatic heterocycles. The summed E-state index contributed by atoms with van der Waals surface area (Å²) < 4.78 is 11.1. The van der Waals surface area contributed by atoms with E-state index >= 15 is 0 Å². The fourth-order valence-electron chi connectivity index (χ4n) is 3.10. The second-order valence-corrected chi connectivity index (χ2v) is 7.51. The second-order valence-electron chi connectivity index (χ2n) is 7.51. The van der Waals surface area contributed by atoms with E-state index in [1.54, 1.807) is 25.1 Å². The lowest BCUT2D eigenvalue weighted by Gasteiger charge is -2.11. The first kappa shape index (κ1) is 21.1. The van der Waals surface area contributed by atoms with Gasteiger partial charge in [0.05, 0.1) is 17.6 Å². The first-order chi connectivity index (χ1) is 14.3. The van der Waals surface area contributed by atoms with Crippen molar-refractivity contribution in [2.75, 3.05) is 0 Å². The van der Waals surface area contributed by atoms with Gasteiger partial charge in [-0.2, -0.15) is 10.2 Å². The van der Waals surface area contributed by atoms with Gasteiger partial charge < -0.3 is 14.4 Å². The van der Waals surface area contributed by atoms with Crippen molar-refractivity contribution in [3.8, 4) is 34.7 Å². The van der Waals surface area contributed by atoms with Gasteiger partial charge in [-0.15, -0.1) is 0 Å². The SMILES string of the molecule is Cc1cc(CC(C)C(=O)O)ccc1-c1noc(-c2ccc(OC(C)C)c(C#N)c2)n1. The molecule has 1 N–H and O–H groups in total. The van der Waals surface area contributed by atoms with E-state index in [2.05, 4.69) is 16.2 Å². The molecule has 1 atom stereocenters. The lowest BCUT2D eigenvalue weighted by atomic mass is 9.97. The summed E-state index contributed by atoms with van der Waals surface area (Å²) in [6, 6.07) is 13.0. The van der Waals surface area contributed by atoms with Crippen molar-refractivity contribution >= 4 is 5.97 Å². The van der Waals surface area contributed by atoms with Gasteiger partial charge in [0.25, 0.3) is 5.89 Å². The normalized spacial score (nSPS) is 11.9. The average molecular weight is 405 g/mol. The van der Waals surface area contributed by atoms with E-state index in [1.165, 1.54) is 0 Å². The van der Waals surface area contributed by atoms with E-state index in [0.29, 0.717) is 35.0 Å². The molecule has 0 radical (unpaired) electrons. The average Bonchev–Trinajstić information content (AvgIpc) is 3.17. The summed E-state index contributed by atoms with van der Waals surface area (Å²) in [7, 11) is 0. The maximum atomic E-state index is 11.1. The van der Waals surface area contributed by atoms with E-state index in [1.807, 2.05) is 39.0 Å². The van der Waals surface area contributed by atoms with E-state index in [9.17, 15) is 10.1 Å². The lowest BCUT2D eigenvalue weighted by molar-refractivity contribution is -0.141. The molecule has 7 heteroatoms. The monoisotopic (exact) mass is 405 g/mol. The van der Waals surface area contributed by atoms with Crippen LogP contribution in [0.5, 0.6) is 5.75 Å². The summed E-state index contributed by atoms with van der Waals surface area (Å²) in [4.78, 5) is 15.5. The fraction of sp³-hybridized carbons (Fsp3) is 0.304. The van der Waals surface area contributed by atoms with Crippen LogP contribution in [0.1, 0.15) is 37.5 Å². The molecule has 154 valence electrons. The minimum absolute atomic E-state index is 0.0395. The minimum atomic E-state index is -0.818. The number of rotatable bonds is 7. The maximum absolute atomic E-state index is 11.1. The molecule has 3 aromatic rings. The summed E-state index contributed by atoms with van der Waals surface area (Å²) in [6.45, 7) is 7.40. The molecule has 1 heterocycles. The van der Waals surface area contributed by atoms with Crippen molar-refractivity contribution in [1.29, 1.82) is 5.26 Å². The zero-order chi connectivity index (χ0) is 21.8. The molecular formula is C23H23N3O4. The highest BCUT2D eigenvalue weighted by atomic mass is 16.5. The van der Waals surface area contributed by atoms with Gasteiger partial charge in [0, 0.05) is 11.1 Å². The standard InChI is InChI=1S/C23H23N3O4/c1-13(2)29-20-8-6-17(11-18(20)12-24)22-25-21(26-30-22)19-7-5-16(9-14(19)3)10-15(4)23(27)28/h5-9,11,13,15H,10H2,1-4H3,(H,27,28). The molecule has 7 nitrogen and oxygen atoms in total. The van der Waals surface area contributed by atoms with Crippen molar-refractivity contribution in [2.24, 2.45) is 5.92 Å². The molecule has 2 aromatic carbocycles. The largest absolute Gasteiger partial charge is 0.490 e. The zero-order valence-electron chi connectivity index (χ0n) is 17.3. The van der Waals surface area contributed by atoms with E-state index < -0.39 is 11.9 Å². The van der Waals surface area contributed by atoms with Crippen LogP contribution >= 0.6 is 0 Å². The summed E-state index contributed by atoms with van der Waals surface area (Å²) in [5.74, 6) is -0.0231. The number of carboxylic acids is 1. The fourth-order valence-corrected chi connectivity index (χ4v) is 3.10. The number of hydrogen-bond acceptors (Lipinski definition) is 6. The van der Waals surface area contributed by atoms with Crippen molar-refractivity contribution in [3.05, 3.63) is 53.1 Å². The van der Waals surface area contributed by atoms with Crippen LogP contribution in [0.15, 0.2) is 40.9 Å². The number of aromatic nitrogens is 2. The summed E-state index contributed by atoms with van der Waals surface area (Å²) in [6.07, 6.45) is 0.415. The Balaban J connectivity index is 1.86. The van der Waals surface area contributed by atoms with Gasteiger partial charge in [0.1, 0.15) is 11.8 Å². The Labute approximate surface area is 174 Å². The Morgan fingerprint density at radius 2 is 2.00 bits per heavy atom. The quantitative estimate of drug-likeness (QED) is 0.610. The van der Waals surface area contributed by atoms with Crippen LogP contribution in [0, 0.1) is 24.2 Å². The molecule has 0 aliphatic rings. The number of benzene rings is 2. The Kier molecular flexibility index (Phi) is 6.17. The van der Waals surface area contributed by atoms with Crippen LogP contribution < -0.4 is 4.74 Å². The van der Waals surface area contributed by atoms with Crippen LogP contribution in [0.3, 0.4) is 0 Å². The van der Waals surface area contributed by atoms with Gasteiger partial charge >= 0.3 is 5.97 Å². The lowest BCUT2D eigenvalue weighted by Crippen LogP contribution is -2.12. The maximum Gasteiger partial charge on any atom is 0.306 e. The number of nitrogens with zero attached hydrogens (tertiary/aromatic N) is 3. The molecule has 3 rings (SSSR count). The molecule has 0 bridgehead atoms. The zero-order valence-corrected chi connectivity index (χ0v) is 17.3. The number of aliphatic carboxylic acids is 1. The van der Waals surface area contributed by atoms with E-state index in [4.69, 9.17) is 14.4 Å².